The molecule has 0 bridgehead atoms. The third-order valence-corrected chi connectivity index (χ3v) is 6.22. The van der Waals surface area contributed by atoms with Crippen molar-refractivity contribution in [1.82, 2.24) is 0 Å². The molecule has 0 aromatic heterocycles. The Labute approximate surface area is 94.1 Å². The maximum Gasteiger partial charge on any atom is 0.138 e. The average Bonchev–Trinajstić information content (AvgIpc) is 2.51. The molecule has 0 N–H and O–H groups in total. The maximum atomic E-state index is 11.7. The van der Waals surface area contributed by atoms with Gasteiger partial charge in [0.05, 0.1) is 9.75 Å². The molecule has 3 fully saturated rings. The second kappa shape index (κ2) is 2.68. The van der Waals surface area contributed by atoms with Gasteiger partial charge in [-0.1, -0.05) is 12.8 Å². The summed E-state index contributed by atoms with van der Waals surface area (Å²) in [5, 5.41) is 0. The van der Waals surface area contributed by atoms with E-state index in [-0.39, 0.29) is 15.7 Å². The highest BCUT2D eigenvalue weighted by Crippen LogP contribution is 2.70. The Morgan fingerprint density at radius 1 is 1.14 bits per heavy atom. The molecular formula is C11H14Cl2O. The molecule has 4 atom stereocenters. The first-order chi connectivity index (χ1) is 6.59. The second-order valence-corrected chi connectivity index (χ2v) is 6.37. The van der Waals surface area contributed by atoms with Gasteiger partial charge in [-0.25, -0.2) is 0 Å². The third kappa shape index (κ3) is 0.829. The summed E-state index contributed by atoms with van der Waals surface area (Å²) in [5.41, 5.74) is 0. The molecule has 0 aromatic rings. The van der Waals surface area contributed by atoms with E-state index in [4.69, 9.17) is 23.2 Å². The summed E-state index contributed by atoms with van der Waals surface area (Å²) < 4.78 is 0. The Hall–Kier alpha value is 0.250. The summed E-state index contributed by atoms with van der Waals surface area (Å²) in [6, 6.07) is 0. The Bertz CT molecular complexity index is 304. The lowest BCUT2D eigenvalue weighted by Gasteiger charge is -2.63. The molecule has 0 spiro atoms. The van der Waals surface area contributed by atoms with Crippen molar-refractivity contribution in [2.75, 3.05) is 0 Å². The van der Waals surface area contributed by atoms with Gasteiger partial charge >= 0.3 is 0 Å². The van der Waals surface area contributed by atoms with Crippen LogP contribution in [0.25, 0.3) is 0 Å². The molecule has 3 aliphatic carbocycles. The average molecular weight is 233 g/mol. The summed E-state index contributed by atoms with van der Waals surface area (Å²) in [7, 11) is 0. The van der Waals surface area contributed by atoms with Crippen molar-refractivity contribution in [3.63, 3.8) is 0 Å². The number of rotatable bonds is 0. The first kappa shape index (κ1) is 9.47. The van der Waals surface area contributed by atoms with E-state index in [2.05, 4.69) is 0 Å². The molecule has 3 heteroatoms. The van der Waals surface area contributed by atoms with Gasteiger partial charge in [-0.05, 0) is 25.2 Å². The number of carbonyl (C=O) groups excluding carboxylic acids is 1. The normalized spacial score (nSPS) is 56.3. The lowest BCUT2D eigenvalue weighted by molar-refractivity contribution is -0.128. The van der Waals surface area contributed by atoms with Crippen LogP contribution in [-0.2, 0) is 4.79 Å². The number of fused-ring (bicyclic) bond motifs is 4. The standard InChI is InChI=1S/C11H14Cl2O/c12-10-5-1-2-6-11(10,13)9-7(10)3-4-8(9)14/h7,9H,1-6H2/t7-,9-,10+,11-/m1/s1. The van der Waals surface area contributed by atoms with Crippen molar-refractivity contribution < 1.29 is 4.79 Å². The topological polar surface area (TPSA) is 17.1 Å². The van der Waals surface area contributed by atoms with Crippen LogP contribution in [0.3, 0.4) is 0 Å². The molecule has 3 saturated carbocycles. The lowest BCUT2D eigenvalue weighted by atomic mass is 9.51. The summed E-state index contributed by atoms with van der Waals surface area (Å²) >= 11 is 13.2. The molecular weight excluding hydrogens is 219 g/mol. The second-order valence-electron chi connectivity index (χ2n) is 5.02. The van der Waals surface area contributed by atoms with Crippen LogP contribution in [0.15, 0.2) is 0 Å². The van der Waals surface area contributed by atoms with Gasteiger partial charge in [0.2, 0.25) is 0 Å². The molecule has 3 aliphatic rings. The van der Waals surface area contributed by atoms with Crippen molar-refractivity contribution in [3.05, 3.63) is 0 Å². The third-order valence-electron chi connectivity index (χ3n) is 4.55. The fraction of sp³-hybridized carbons (Fsp3) is 0.909. The van der Waals surface area contributed by atoms with Crippen LogP contribution in [0.5, 0.6) is 0 Å². The summed E-state index contributed by atoms with van der Waals surface area (Å²) in [6.07, 6.45) is 5.93. The van der Waals surface area contributed by atoms with Crippen molar-refractivity contribution in [2.45, 2.75) is 48.3 Å². The molecule has 0 aliphatic heterocycles. The summed E-state index contributed by atoms with van der Waals surface area (Å²) in [6.45, 7) is 0. The number of hydrogen-bond acceptors (Lipinski definition) is 1. The Morgan fingerprint density at radius 2 is 1.79 bits per heavy atom. The number of halogens is 2. The molecule has 0 amide bonds. The zero-order chi connectivity index (χ0) is 9.97. The maximum absolute atomic E-state index is 11.7. The highest BCUT2D eigenvalue weighted by atomic mass is 35.5. The number of carbonyl (C=O) groups is 1. The minimum atomic E-state index is -0.384. The van der Waals surface area contributed by atoms with Crippen LogP contribution in [0, 0.1) is 11.8 Å². The van der Waals surface area contributed by atoms with Crippen LogP contribution in [0.1, 0.15) is 38.5 Å². The SMILES string of the molecule is O=C1CC[C@@H]2[C@H]1[C@]1(Cl)CCCC[C@]21Cl. The molecule has 0 aromatic carbocycles. The van der Waals surface area contributed by atoms with Gasteiger partial charge in [-0.2, -0.15) is 0 Å². The van der Waals surface area contributed by atoms with E-state index in [9.17, 15) is 4.79 Å². The van der Waals surface area contributed by atoms with E-state index in [0.29, 0.717) is 18.1 Å². The van der Waals surface area contributed by atoms with Gasteiger partial charge in [-0.3, -0.25) is 4.79 Å². The molecule has 3 rings (SSSR count). The van der Waals surface area contributed by atoms with Gasteiger partial charge in [0.25, 0.3) is 0 Å². The Balaban J connectivity index is 2.00. The molecule has 0 heterocycles. The molecule has 0 radical (unpaired) electrons. The van der Waals surface area contributed by atoms with Gasteiger partial charge in [0.15, 0.2) is 0 Å². The van der Waals surface area contributed by atoms with Crippen LogP contribution in [0.4, 0.5) is 0 Å². The monoisotopic (exact) mass is 232 g/mol. The Morgan fingerprint density at radius 3 is 2.50 bits per heavy atom. The van der Waals surface area contributed by atoms with Crippen LogP contribution < -0.4 is 0 Å². The quantitative estimate of drug-likeness (QED) is 0.587. The lowest BCUT2D eigenvalue weighted by Crippen LogP contribution is -2.70. The highest BCUT2D eigenvalue weighted by Gasteiger charge is 2.74. The molecule has 0 unspecified atom stereocenters. The van der Waals surface area contributed by atoms with Gasteiger partial charge in [0.1, 0.15) is 5.78 Å². The summed E-state index contributed by atoms with van der Waals surface area (Å²) in [4.78, 5) is 11.1. The van der Waals surface area contributed by atoms with E-state index in [1.54, 1.807) is 0 Å². The van der Waals surface area contributed by atoms with Gasteiger partial charge in [-0.15, -0.1) is 23.2 Å². The van der Waals surface area contributed by atoms with Gasteiger partial charge in [0, 0.05) is 12.3 Å². The van der Waals surface area contributed by atoms with Crippen LogP contribution in [0.2, 0.25) is 0 Å². The van der Waals surface area contributed by atoms with Crippen molar-refractivity contribution in [3.8, 4) is 0 Å². The number of hydrogen-bond donors (Lipinski definition) is 0. The van der Waals surface area contributed by atoms with E-state index < -0.39 is 0 Å². The minimum absolute atomic E-state index is 0.0852. The van der Waals surface area contributed by atoms with Crippen molar-refractivity contribution >= 4 is 29.0 Å². The van der Waals surface area contributed by atoms with E-state index in [1.165, 1.54) is 6.42 Å². The van der Waals surface area contributed by atoms with Crippen molar-refractivity contribution in [2.24, 2.45) is 11.8 Å². The van der Waals surface area contributed by atoms with E-state index in [0.717, 1.165) is 25.7 Å². The molecule has 14 heavy (non-hydrogen) atoms. The number of ketones is 1. The molecule has 78 valence electrons. The van der Waals surface area contributed by atoms with Gasteiger partial charge < -0.3 is 0 Å². The van der Waals surface area contributed by atoms with Crippen LogP contribution >= 0.6 is 23.2 Å². The summed E-state index contributed by atoms with van der Waals surface area (Å²) in [5.74, 6) is 0.833. The highest BCUT2D eigenvalue weighted by molar-refractivity contribution is 6.38. The number of Topliss-reactive ketones (excluding diaryl/α,β-unsaturated/α-hetero) is 1. The predicted molar refractivity (Wildman–Crippen MR) is 56.9 cm³/mol. The smallest absolute Gasteiger partial charge is 0.138 e. The number of alkyl halides is 2. The largest absolute Gasteiger partial charge is 0.299 e. The Kier molecular flexibility index (Phi) is 1.81. The fourth-order valence-electron chi connectivity index (χ4n) is 3.90. The van der Waals surface area contributed by atoms with E-state index >= 15 is 0 Å². The first-order valence-electron chi connectivity index (χ1n) is 5.50. The fourth-order valence-corrected chi connectivity index (χ4v) is 5.13. The zero-order valence-electron chi connectivity index (χ0n) is 8.06. The van der Waals surface area contributed by atoms with Crippen LogP contribution in [-0.4, -0.2) is 15.5 Å². The predicted octanol–water partition coefficient (Wildman–Crippen LogP) is 3.12. The minimum Gasteiger partial charge on any atom is -0.299 e. The first-order valence-corrected chi connectivity index (χ1v) is 6.26. The molecule has 0 saturated heterocycles. The zero-order valence-corrected chi connectivity index (χ0v) is 9.57. The van der Waals surface area contributed by atoms with E-state index in [1.807, 2.05) is 0 Å². The van der Waals surface area contributed by atoms with Crippen molar-refractivity contribution in [1.29, 1.82) is 0 Å². The molecule has 1 nitrogen and oxygen atoms in total.